The van der Waals surface area contributed by atoms with Gasteiger partial charge in [0.25, 0.3) is 0 Å². The van der Waals surface area contributed by atoms with Crippen molar-refractivity contribution in [3.8, 4) is 11.5 Å². The highest BCUT2D eigenvalue weighted by molar-refractivity contribution is 5.91. The molecule has 0 aliphatic carbocycles. The van der Waals surface area contributed by atoms with Gasteiger partial charge in [0.2, 0.25) is 12.7 Å². The maximum Gasteiger partial charge on any atom is 0.231 e. The van der Waals surface area contributed by atoms with Gasteiger partial charge in [-0.1, -0.05) is 29.8 Å². The van der Waals surface area contributed by atoms with Crippen molar-refractivity contribution in [2.24, 2.45) is 0 Å². The number of carbonyl (C=O) groups excluding carboxylic acids is 1. The van der Waals surface area contributed by atoms with E-state index in [4.69, 9.17) is 9.47 Å². The van der Waals surface area contributed by atoms with Crippen LogP contribution >= 0.6 is 0 Å². The number of pyridine rings is 1. The number of benzene rings is 2. The van der Waals surface area contributed by atoms with Crippen LogP contribution in [0.4, 0.5) is 5.69 Å². The summed E-state index contributed by atoms with van der Waals surface area (Å²) in [5, 5.41) is 3.02. The number of carbonyl (C=O) groups is 1. The lowest BCUT2D eigenvalue weighted by Crippen LogP contribution is -2.17. The third kappa shape index (κ3) is 3.72. The predicted octanol–water partition coefficient (Wildman–Crippen LogP) is 4.84. The molecule has 3 heterocycles. The second kappa shape index (κ2) is 7.80. The summed E-state index contributed by atoms with van der Waals surface area (Å²) >= 11 is 0. The summed E-state index contributed by atoms with van der Waals surface area (Å²) in [7, 11) is 0. The number of aryl methyl sites for hydroxylation is 2. The van der Waals surface area contributed by atoms with E-state index in [1.54, 1.807) is 0 Å². The van der Waals surface area contributed by atoms with Crippen molar-refractivity contribution in [3.05, 3.63) is 89.4 Å². The Morgan fingerprint density at radius 1 is 1.10 bits per heavy atom. The number of nitrogens with zero attached hydrogens (tertiary/aromatic N) is 2. The third-order valence-corrected chi connectivity index (χ3v) is 5.64. The van der Waals surface area contributed by atoms with E-state index in [1.807, 2.05) is 80.8 Å². The number of rotatable bonds is 5. The van der Waals surface area contributed by atoms with Crippen molar-refractivity contribution in [1.82, 2.24) is 9.38 Å². The fourth-order valence-corrected chi connectivity index (χ4v) is 3.99. The van der Waals surface area contributed by atoms with Gasteiger partial charge in [-0.05, 0) is 55.3 Å². The lowest BCUT2D eigenvalue weighted by Gasteiger charge is -2.18. The first kappa shape index (κ1) is 19.2. The summed E-state index contributed by atoms with van der Waals surface area (Å²) in [5.41, 5.74) is 5.85. The summed E-state index contributed by atoms with van der Waals surface area (Å²) in [6, 6.07) is 17.7. The van der Waals surface area contributed by atoms with Gasteiger partial charge in [-0.15, -0.1) is 0 Å². The van der Waals surface area contributed by atoms with Gasteiger partial charge in [0.15, 0.2) is 11.5 Å². The predicted molar refractivity (Wildman–Crippen MR) is 119 cm³/mol. The van der Waals surface area contributed by atoms with Crippen molar-refractivity contribution in [2.45, 2.75) is 26.2 Å². The van der Waals surface area contributed by atoms with E-state index in [9.17, 15) is 4.79 Å². The summed E-state index contributed by atoms with van der Waals surface area (Å²) in [6.45, 7) is 4.27. The summed E-state index contributed by atoms with van der Waals surface area (Å²) < 4.78 is 13.1. The lowest BCUT2D eigenvalue weighted by molar-refractivity contribution is -0.116. The molecule has 1 amide bonds. The standard InChI is InChI=1S/C25H23N3O3/c1-16-5-8-19(9-6-16)27-24(29)13-20(18-7-10-22-23(12-18)31-15-30-22)21-14-26-25-17(2)4-3-11-28(21)25/h3-12,14,20H,13,15H2,1-2H3,(H,27,29). The van der Waals surface area contributed by atoms with Crippen LogP contribution in [0.25, 0.3) is 5.65 Å². The average molecular weight is 413 g/mol. The molecule has 2 aromatic carbocycles. The molecule has 0 saturated carbocycles. The van der Waals surface area contributed by atoms with E-state index < -0.39 is 0 Å². The molecule has 31 heavy (non-hydrogen) atoms. The second-order valence-corrected chi connectivity index (χ2v) is 7.85. The zero-order chi connectivity index (χ0) is 21.4. The molecule has 0 fully saturated rings. The van der Waals surface area contributed by atoms with Crippen LogP contribution < -0.4 is 14.8 Å². The highest BCUT2D eigenvalue weighted by Crippen LogP contribution is 2.38. The molecule has 1 N–H and O–H groups in total. The van der Waals surface area contributed by atoms with Gasteiger partial charge in [-0.2, -0.15) is 0 Å². The number of imidazole rings is 1. The molecular formula is C25H23N3O3. The normalized spacial score (nSPS) is 13.4. The lowest BCUT2D eigenvalue weighted by atomic mass is 9.92. The van der Waals surface area contributed by atoms with Crippen LogP contribution in [0.5, 0.6) is 11.5 Å². The van der Waals surface area contributed by atoms with Gasteiger partial charge in [-0.3, -0.25) is 4.79 Å². The van der Waals surface area contributed by atoms with E-state index in [1.165, 1.54) is 0 Å². The maximum absolute atomic E-state index is 13.0. The molecule has 156 valence electrons. The Balaban J connectivity index is 1.51. The molecule has 1 aliphatic rings. The SMILES string of the molecule is Cc1ccc(NC(=O)CC(c2ccc3c(c2)OCO3)c2cnc3c(C)cccn23)cc1. The first-order chi connectivity index (χ1) is 15.1. The quantitative estimate of drug-likeness (QED) is 0.508. The first-order valence-corrected chi connectivity index (χ1v) is 10.3. The summed E-state index contributed by atoms with van der Waals surface area (Å²) in [5.74, 6) is 1.16. The van der Waals surface area contributed by atoms with Gasteiger partial charge in [-0.25, -0.2) is 4.98 Å². The maximum atomic E-state index is 13.0. The number of aromatic nitrogens is 2. The van der Waals surface area contributed by atoms with Gasteiger partial charge in [0.05, 0.1) is 5.69 Å². The third-order valence-electron chi connectivity index (χ3n) is 5.64. The van der Waals surface area contributed by atoms with E-state index in [-0.39, 0.29) is 25.0 Å². The monoisotopic (exact) mass is 413 g/mol. The minimum atomic E-state index is -0.197. The highest BCUT2D eigenvalue weighted by Gasteiger charge is 2.25. The number of fused-ring (bicyclic) bond motifs is 2. The largest absolute Gasteiger partial charge is 0.454 e. The van der Waals surface area contributed by atoms with E-state index in [0.717, 1.165) is 39.5 Å². The molecule has 1 unspecified atom stereocenters. The molecule has 0 bridgehead atoms. The Bertz CT molecular complexity index is 1260. The number of ether oxygens (including phenoxy) is 2. The Kier molecular flexibility index (Phi) is 4.82. The highest BCUT2D eigenvalue weighted by atomic mass is 16.7. The van der Waals surface area contributed by atoms with Gasteiger partial charge >= 0.3 is 0 Å². The zero-order valence-electron chi connectivity index (χ0n) is 17.5. The van der Waals surface area contributed by atoms with Gasteiger partial charge in [0, 0.05) is 30.4 Å². The topological polar surface area (TPSA) is 64.9 Å². The van der Waals surface area contributed by atoms with Crippen LogP contribution in [-0.4, -0.2) is 22.1 Å². The van der Waals surface area contributed by atoms with Crippen LogP contribution in [0.2, 0.25) is 0 Å². The molecule has 6 heteroatoms. The molecule has 6 nitrogen and oxygen atoms in total. The Morgan fingerprint density at radius 2 is 1.90 bits per heavy atom. The number of amides is 1. The molecule has 0 saturated heterocycles. The van der Waals surface area contributed by atoms with E-state index >= 15 is 0 Å². The van der Waals surface area contributed by atoms with Crippen LogP contribution in [0, 0.1) is 13.8 Å². The van der Waals surface area contributed by atoms with Crippen molar-refractivity contribution in [2.75, 3.05) is 12.1 Å². The number of hydrogen-bond acceptors (Lipinski definition) is 4. The minimum Gasteiger partial charge on any atom is -0.454 e. The van der Waals surface area contributed by atoms with Crippen molar-refractivity contribution < 1.29 is 14.3 Å². The Morgan fingerprint density at radius 3 is 2.74 bits per heavy atom. The molecule has 1 aliphatic heterocycles. The van der Waals surface area contributed by atoms with Crippen LogP contribution in [-0.2, 0) is 4.79 Å². The zero-order valence-corrected chi connectivity index (χ0v) is 17.5. The summed E-state index contributed by atoms with van der Waals surface area (Å²) in [4.78, 5) is 17.6. The van der Waals surface area contributed by atoms with Crippen LogP contribution in [0.15, 0.2) is 67.0 Å². The minimum absolute atomic E-state index is 0.0610. The Hall–Kier alpha value is -3.80. The van der Waals surface area contributed by atoms with Crippen LogP contribution in [0.3, 0.4) is 0 Å². The fraction of sp³-hybridized carbons (Fsp3) is 0.200. The smallest absolute Gasteiger partial charge is 0.231 e. The average Bonchev–Trinajstić information content (AvgIpc) is 3.41. The Labute approximate surface area is 180 Å². The second-order valence-electron chi connectivity index (χ2n) is 7.85. The van der Waals surface area contributed by atoms with Crippen molar-refractivity contribution >= 4 is 17.2 Å². The molecule has 0 spiro atoms. The van der Waals surface area contributed by atoms with E-state index in [2.05, 4.69) is 14.7 Å². The summed E-state index contributed by atoms with van der Waals surface area (Å²) in [6.07, 6.45) is 4.12. The molecule has 5 rings (SSSR count). The molecule has 1 atom stereocenters. The first-order valence-electron chi connectivity index (χ1n) is 10.3. The number of anilines is 1. The van der Waals surface area contributed by atoms with Crippen molar-refractivity contribution in [1.29, 1.82) is 0 Å². The number of hydrogen-bond donors (Lipinski definition) is 1. The van der Waals surface area contributed by atoms with Crippen molar-refractivity contribution in [3.63, 3.8) is 0 Å². The molecule has 2 aromatic heterocycles. The fourth-order valence-electron chi connectivity index (χ4n) is 3.99. The van der Waals surface area contributed by atoms with Gasteiger partial charge < -0.3 is 19.2 Å². The molecular weight excluding hydrogens is 390 g/mol. The van der Waals surface area contributed by atoms with Crippen LogP contribution in [0.1, 0.15) is 34.7 Å². The molecule has 0 radical (unpaired) electrons. The molecule has 4 aromatic rings. The number of nitrogens with one attached hydrogen (secondary N) is 1. The van der Waals surface area contributed by atoms with Gasteiger partial charge in [0.1, 0.15) is 5.65 Å². The van der Waals surface area contributed by atoms with E-state index in [0.29, 0.717) is 5.75 Å².